The van der Waals surface area contributed by atoms with Crippen LogP contribution in [0.15, 0.2) is 42.5 Å². The van der Waals surface area contributed by atoms with Crippen LogP contribution in [0.1, 0.15) is 36.1 Å². The number of nitrogens with zero attached hydrogens (tertiary/aromatic N) is 4. The van der Waals surface area contributed by atoms with E-state index in [4.69, 9.17) is 23.2 Å². The van der Waals surface area contributed by atoms with Crippen molar-refractivity contribution in [2.24, 2.45) is 0 Å². The van der Waals surface area contributed by atoms with E-state index in [1.54, 1.807) is 4.90 Å². The quantitative estimate of drug-likeness (QED) is 0.578. The van der Waals surface area contributed by atoms with E-state index in [-0.39, 0.29) is 22.8 Å². The van der Waals surface area contributed by atoms with Gasteiger partial charge >= 0.3 is 6.03 Å². The molecule has 0 saturated carbocycles. The molecule has 2 heterocycles. The first kappa shape index (κ1) is 20.6. The highest BCUT2D eigenvalue weighted by Gasteiger charge is 2.34. The van der Waals surface area contributed by atoms with Crippen molar-refractivity contribution in [2.75, 3.05) is 11.9 Å². The lowest BCUT2D eigenvalue weighted by Crippen LogP contribution is -2.36. The maximum absolute atomic E-state index is 14.1. The molecular formula is C21H20Cl2FN5O. The normalized spacial score (nSPS) is 16.1. The molecule has 0 radical (unpaired) electrons. The van der Waals surface area contributed by atoms with Gasteiger partial charge < -0.3 is 14.8 Å². The standard InChI is InChI=1S/C21H20Cl2FN5O/c1-13-26-27-20(29(13)12-14-4-6-15(22)7-5-14)19-3-2-10-28(19)21(30)25-18-9-8-16(23)11-17(18)24/h4-9,11,19H,2-3,10,12H2,1H3,(H,25,30). The second-order valence-electron chi connectivity index (χ2n) is 7.22. The van der Waals surface area contributed by atoms with Gasteiger partial charge in [0.1, 0.15) is 11.6 Å². The number of aromatic nitrogens is 3. The summed E-state index contributed by atoms with van der Waals surface area (Å²) in [4.78, 5) is 14.6. The number of likely N-dealkylation sites (tertiary alicyclic amines) is 1. The summed E-state index contributed by atoms with van der Waals surface area (Å²) in [5.74, 6) is 0.899. The number of hydrogen-bond acceptors (Lipinski definition) is 3. The summed E-state index contributed by atoms with van der Waals surface area (Å²) in [5.41, 5.74) is 1.15. The lowest BCUT2D eigenvalue weighted by Gasteiger charge is -2.25. The molecule has 9 heteroatoms. The minimum absolute atomic E-state index is 0.0915. The molecule has 0 spiro atoms. The molecule has 1 N–H and O–H groups in total. The van der Waals surface area contributed by atoms with Crippen molar-refractivity contribution in [1.29, 1.82) is 0 Å². The van der Waals surface area contributed by atoms with Crippen LogP contribution < -0.4 is 5.32 Å². The molecule has 0 aliphatic carbocycles. The molecule has 2 amide bonds. The summed E-state index contributed by atoms with van der Waals surface area (Å²) in [5, 5.41) is 12.2. The van der Waals surface area contributed by atoms with E-state index in [2.05, 4.69) is 15.5 Å². The molecule has 6 nitrogen and oxygen atoms in total. The van der Waals surface area contributed by atoms with Gasteiger partial charge in [-0.05, 0) is 55.7 Å². The number of amides is 2. The maximum Gasteiger partial charge on any atom is 0.322 e. The monoisotopic (exact) mass is 447 g/mol. The first-order valence-electron chi connectivity index (χ1n) is 9.59. The van der Waals surface area contributed by atoms with Gasteiger partial charge in [0.2, 0.25) is 0 Å². The van der Waals surface area contributed by atoms with Crippen LogP contribution in [0.3, 0.4) is 0 Å². The molecule has 4 rings (SSSR count). The van der Waals surface area contributed by atoms with Crippen LogP contribution in [-0.2, 0) is 6.54 Å². The SMILES string of the molecule is Cc1nnc(C2CCCN2C(=O)Nc2ccc(Cl)cc2F)n1Cc1ccc(Cl)cc1. The number of nitrogens with one attached hydrogen (secondary N) is 1. The Kier molecular flexibility index (Phi) is 5.92. The second-order valence-corrected chi connectivity index (χ2v) is 8.10. The summed E-state index contributed by atoms with van der Waals surface area (Å²) in [6.07, 6.45) is 1.59. The van der Waals surface area contributed by atoms with Gasteiger partial charge in [0.25, 0.3) is 0 Å². The molecule has 1 aliphatic heterocycles. The van der Waals surface area contributed by atoms with Crippen molar-refractivity contribution in [2.45, 2.75) is 32.4 Å². The average Bonchev–Trinajstić information content (AvgIpc) is 3.33. The Balaban J connectivity index is 1.56. The average molecular weight is 448 g/mol. The van der Waals surface area contributed by atoms with Crippen molar-refractivity contribution >= 4 is 34.9 Å². The highest BCUT2D eigenvalue weighted by atomic mass is 35.5. The van der Waals surface area contributed by atoms with Gasteiger partial charge in [-0.1, -0.05) is 35.3 Å². The Labute approximate surface area is 183 Å². The van der Waals surface area contributed by atoms with Crippen molar-refractivity contribution < 1.29 is 9.18 Å². The van der Waals surface area contributed by atoms with Crippen LogP contribution >= 0.6 is 23.2 Å². The number of urea groups is 1. The van der Waals surface area contributed by atoms with Crippen LogP contribution in [-0.4, -0.2) is 32.2 Å². The summed E-state index contributed by atoms with van der Waals surface area (Å²) in [7, 11) is 0. The Hall–Kier alpha value is -2.64. The van der Waals surface area contributed by atoms with Crippen molar-refractivity contribution in [3.8, 4) is 0 Å². The molecule has 3 aromatic rings. The third-order valence-corrected chi connectivity index (χ3v) is 5.69. The minimum atomic E-state index is -0.576. The van der Waals surface area contributed by atoms with E-state index in [1.165, 1.54) is 18.2 Å². The zero-order valence-electron chi connectivity index (χ0n) is 16.3. The zero-order valence-corrected chi connectivity index (χ0v) is 17.8. The Bertz CT molecular complexity index is 1070. The van der Waals surface area contributed by atoms with Crippen LogP contribution in [0.2, 0.25) is 10.0 Å². The van der Waals surface area contributed by atoms with Gasteiger partial charge in [-0.25, -0.2) is 9.18 Å². The summed E-state index contributed by atoms with van der Waals surface area (Å²) < 4.78 is 16.1. The Morgan fingerprint density at radius 2 is 1.90 bits per heavy atom. The smallest absolute Gasteiger partial charge is 0.314 e. The third-order valence-electron chi connectivity index (χ3n) is 5.20. The maximum atomic E-state index is 14.1. The fourth-order valence-corrected chi connectivity index (χ4v) is 3.95. The van der Waals surface area contributed by atoms with E-state index < -0.39 is 5.82 Å². The fourth-order valence-electron chi connectivity index (χ4n) is 3.67. The number of anilines is 1. The van der Waals surface area contributed by atoms with E-state index in [9.17, 15) is 9.18 Å². The summed E-state index contributed by atoms with van der Waals surface area (Å²) >= 11 is 11.8. The van der Waals surface area contributed by atoms with Crippen LogP contribution in [0.4, 0.5) is 14.9 Å². The predicted molar refractivity (Wildman–Crippen MR) is 114 cm³/mol. The van der Waals surface area contributed by atoms with Crippen molar-refractivity contribution in [1.82, 2.24) is 19.7 Å². The van der Waals surface area contributed by atoms with Crippen molar-refractivity contribution in [3.05, 3.63) is 75.5 Å². The second kappa shape index (κ2) is 8.62. The van der Waals surface area contributed by atoms with Gasteiger partial charge in [0.05, 0.1) is 18.3 Å². The first-order chi connectivity index (χ1) is 14.4. The van der Waals surface area contributed by atoms with E-state index in [1.807, 2.05) is 35.8 Å². The topological polar surface area (TPSA) is 63.1 Å². The molecule has 1 aliphatic rings. The lowest BCUT2D eigenvalue weighted by molar-refractivity contribution is 0.203. The molecule has 1 saturated heterocycles. The number of aryl methyl sites for hydroxylation is 1. The highest BCUT2D eigenvalue weighted by Crippen LogP contribution is 2.32. The zero-order chi connectivity index (χ0) is 21.3. The Morgan fingerprint density at radius 3 is 2.63 bits per heavy atom. The molecule has 30 heavy (non-hydrogen) atoms. The minimum Gasteiger partial charge on any atom is -0.314 e. The number of carbonyl (C=O) groups excluding carboxylic acids is 1. The van der Waals surface area contributed by atoms with E-state index in [0.29, 0.717) is 23.9 Å². The third kappa shape index (κ3) is 4.27. The van der Waals surface area contributed by atoms with Gasteiger partial charge in [-0.3, -0.25) is 0 Å². The molecular weight excluding hydrogens is 428 g/mol. The van der Waals surface area contributed by atoms with Gasteiger partial charge in [0, 0.05) is 16.6 Å². The highest BCUT2D eigenvalue weighted by molar-refractivity contribution is 6.30. The molecule has 1 aromatic heterocycles. The summed E-state index contributed by atoms with van der Waals surface area (Å²) in [6.45, 7) is 3.01. The van der Waals surface area contributed by atoms with Gasteiger partial charge in [-0.2, -0.15) is 0 Å². The largest absolute Gasteiger partial charge is 0.322 e. The number of halogens is 3. The van der Waals surface area contributed by atoms with Gasteiger partial charge in [-0.15, -0.1) is 10.2 Å². The fraction of sp³-hybridized carbons (Fsp3) is 0.286. The number of carbonyl (C=O) groups is 1. The molecule has 0 bridgehead atoms. The van der Waals surface area contributed by atoms with Crippen LogP contribution in [0.25, 0.3) is 0 Å². The van der Waals surface area contributed by atoms with E-state index in [0.717, 1.165) is 24.2 Å². The van der Waals surface area contributed by atoms with Crippen molar-refractivity contribution in [3.63, 3.8) is 0 Å². The van der Waals surface area contributed by atoms with E-state index >= 15 is 0 Å². The lowest BCUT2D eigenvalue weighted by atomic mass is 10.2. The molecule has 2 aromatic carbocycles. The molecule has 1 unspecified atom stereocenters. The number of rotatable bonds is 4. The first-order valence-corrected chi connectivity index (χ1v) is 10.3. The predicted octanol–water partition coefficient (Wildman–Crippen LogP) is 5.45. The summed E-state index contributed by atoms with van der Waals surface area (Å²) in [6, 6.07) is 11.1. The van der Waals surface area contributed by atoms with Crippen LogP contribution in [0.5, 0.6) is 0 Å². The number of hydrogen-bond donors (Lipinski definition) is 1. The Morgan fingerprint density at radius 1 is 1.17 bits per heavy atom. The van der Waals surface area contributed by atoms with Crippen LogP contribution in [0, 0.1) is 12.7 Å². The number of benzene rings is 2. The van der Waals surface area contributed by atoms with Gasteiger partial charge in [0.15, 0.2) is 5.82 Å². The molecule has 1 fully saturated rings. The molecule has 1 atom stereocenters. The molecule has 156 valence electrons.